The first-order valence-electron chi connectivity index (χ1n) is 8.63. The Morgan fingerprint density at radius 2 is 1.96 bits per heavy atom. The van der Waals surface area contributed by atoms with Gasteiger partial charge in [0.1, 0.15) is 12.2 Å². The van der Waals surface area contributed by atoms with Gasteiger partial charge in [-0.2, -0.15) is 0 Å². The molecule has 5 nitrogen and oxygen atoms in total. The topological polar surface area (TPSA) is 55.8 Å². The fourth-order valence-corrected chi connectivity index (χ4v) is 3.39. The Kier molecular flexibility index (Phi) is 5.84. The van der Waals surface area contributed by atoms with E-state index in [1.807, 2.05) is 20.8 Å². The summed E-state index contributed by atoms with van der Waals surface area (Å²) in [6.45, 7) is 7.49. The number of likely N-dealkylation sites (N-methyl/N-ethyl adjacent to an activating group) is 1. The van der Waals surface area contributed by atoms with Gasteiger partial charge in [-0.1, -0.05) is 19.9 Å². The molecule has 0 aromatic heterocycles. The highest BCUT2D eigenvalue weighted by atomic mass is 16.6. The molecule has 5 atom stereocenters. The van der Waals surface area contributed by atoms with Crippen LogP contribution in [-0.4, -0.2) is 48.2 Å². The van der Waals surface area contributed by atoms with Gasteiger partial charge in [0.15, 0.2) is 0 Å². The van der Waals surface area contributed by atoms with Gasteiger partial charge in [-0.3, -0.25) is 9.69 Å². The monoisotopic (exact) mass is 323 g/mol. The van der Waals surface area contributed by atoms with Crippen molar-refractivity contribution in [2.45, 2.75) is 77.7 Å². The quantitative estimate of drug-likeness (QED) is 0.575. The minimum Gasteiger partial charge on any atom is -0.460 e. The van der Waals surface area contributed by atoms with Crippen molar-refractivity contribution in [3.8, 4) is 0 Å². The molecule has 2 aliphatic heterocycles. The van der Waals surface area contributed by atoms with Crippen LogP contribution in [0.4, 0.5) is 0 Å². The Labute approximate surface area is 139 Å². The maximum atomic E-state index is 12.1. The highest BCUT2D eigenvalue weighted by molar-refractivity contribution is 5.87. The molecule has 0 amide bonds. The van der Waals surface area contributed by atoms with Crippen LogP contribution in [0.5, 0.6) is 0 Å². The summed E-state index contributed by atoms with van der Waals surface area (Å²) in [4.78, 5) is 26.3. The molecule has 130 valence electrons. The first-order chi connectivity index (χ1) is 10.9. The summed E-state index contributed by atoms with van der Waals surface area (Å²) < 4.78 is 11.4. The molecule has 2 bridgehead atoms. The number of nitrogens with zero attached hydrogens (tertiary/aromatic N) is 1. The zero-order chi connectivity index (χ0) is 17.1. The predicted octanol–water partition coefficient (Wildman–Crippen LogP) is 2.69. The van der Waals surface area contributed by atoms with Gasteiger partial charge in [0, 0.05) is 30.9 Å². The molecule has 0 aliphatic carbocycles. The van der Waals surface area contributed by atoms with E-state index in [1.54, 1.807) is 13.0 Å². The third-order valence-corrected chi connectivity index (χ3v) is 5.38. The van der Waals surface area contributed by atoms with Crippen molar-refractivity contribution >= 4 is 11.9 Å². The molecule has 23 heavy (non-hydrogen) atoms. The molecule has 0 radical (unpaired) electrons. The summed E-state index contributed by atoms with van der Waals surface area (Å²) in [6.07, 6.45) is 4.76. The van der Waals surface area contributed by atoms with E-state index in [2.05, 4.69) is 11.9 Å². The van der Waals surface area contributed by atoms with Crippen molar-refractivity contribution in [1.29, 1.82) is 0 Å². The zero-order valence-electron chi connectivity index (χ0n) is 14.9. The highest BCUT2D eigenvalue weighted by Crippen LogP contribution is 2.38. The molecule has 0 spiro atoms. The van der Waals surface area contributed by atoms with E-state index in [4.69, 9.17) is 9.47 Å². The third-order valence-electron chi connectivity index (χ3n) is 5.38. The van der Waals surface area contributed by atoms with Crippen molar-refractivity contribution in [2.24, 2.45) is 5.92 Å². The molecule has 5 heteroatoms. The largest absolute Gasteiger partial charge is 0.460 e. The van der Waals surface area contributed by atoms with Crippen LogP contribution in [0.15, 0.2) is 11.6 Å². The molecule has 0 saturated carbocycles. The molecule has 2 heterocycles. The van der Waals surface area contributed by atoms with Crippen molar-refractivity contribution in [1.82, 2.24) is 4.90 Å². The smallest absolute Gasteiger partial charge is 0.333 e. The Morgan fingerprint density at radius 3 is 2.57 bits per heavy atom. The van der Waals surface area contributed by atoms with Gasteiger partial charge in [0.2, 0.25) is 0 Å². The molecule has 2 saturated heterocycles. The fraction of sp³-hybridized carbons (Fsp3) is 0.778. The van der Waals surface area contributed by atoms with Crippen LogP contribution >= 0.6 is 0 Å². The van der Waals surface area contributed by atoms with E-state index >= 15 is 0 Å². The molecule has 5 unspecified atom stereocenters. The average molecular weight is 323 g/mol. The van der Waals surface area contributed by atoms with Gasteiger partial charge in [-0.15, -0.1) is 0 Å². The normalized spacial score (nSPS) is 32.5. The summed E-state index contributed by atoms with van der Waals surface area (Å²) in [6, 6.07) is 0.456. The van der Waals surface area contributed by atoms with Crippen molar-refractivity contribution in [3.63, 3.8) is 0 Å². The summed E-state index contributed by atoms with van der Waals surface area (Å²) >= 11 is 0. The number of ether oxygens (including phenoxy) is 2. The third kappa shape index (κ3) is 3.94. The number of fused-ring (bicyclic) bond motifs is 2. The number of hydrogen-bond donors (Lipinski definition) is 0. The van der Waals surface area contributed by atoms with E-state index in [0.717, 1.165) is 25.7 Å². The van der Waals surface area contributed by atoms with Gasteiger partial charge < -0.3 is 9.47 Å². The second-order valence-electron chi connectivity index (χ2n) is 6.88. The van der Waals surface area contributed by atoms with Crippen LogP contribution in [0.3, 0.4) is 0 Å². The molecular formula is C18H29NO4. The molecule has 2 rings (SSSR count). The van der Waals surface area contributed by atoms with E-state index in [1.165, 1.54) is 0 Å². The van der Waals surface area contributed by atoms with Crippen molar-refractivity contribution < 1.29 is 19.1 Å². The number of hydrogen-bond acceptors (Lipinski definition) is 5. The lowest BCUT2D eigenvalue weighted by molar-refractivity contribution is -0.157. The number of carbonyl (C=O) groups excluding carboxylic acids is 2. The highest BCUT2D eigenvalue weighted by Gasteiger charge is 2.48. The Morgan fingerprint density at radius 1 is 1.26 bits per heavy atom. The lowest BCUT2D eigenvalue weighted by atomic mass is 10.00. The minimum atomic E-state index is -0.241. The van der Waals surface area contributed by atoms with Crippen LogP contribution in [0.25, 0.3) is 0 Å². The van der Waals surface area contributed by atoms with Crippen LogP contribution in [-0.2, 0) is 19.1 Å². The first kappa shape index (κ1) is 18.0. The molecule has 2 aliphatic rings. The minimum absolute atomic E-state index is 0.0632. The number of carbonyl (C=O) groups is 2. The van der Waals surface area contributed by atoms with Crippen molar-refractivity contribution in [3.05, 3.63) is 11.6 Å². The number of piperidine rings is 1. The summed E-state index contributed by atoms with van der Waals surface area (Å²) in [5.41, 5.74) is 0.635. The van der Waals surface area contributed by atoms with Gasteiger partial charge in [-0.05, 0) is 27.3 Å². The molecule has 0 N–H and O–H groups in total. The second kappa shape index (κ2) is 7.47. The second-order valence-corrected chi connectivity index (χ2v) is 6.88. The summed E-state index contributed by atoms with van der Waals surface area (Å²) in [5.74, 6) is -0.418. The first-order valence-corrected chi connectivity index (χ1v) is 8.63. The van der Waals surface area contributed by atoms with E-state index in [0.29, 0.717) is 11.6 Å². The maximum absolute atomic E-state index is 12.1. The fourth-order valence-electron chi connectivity index (χ4n) is 3.39. The van der Waals surface area contributed by atoms with Crippen molar-refractivity contribution in [2.75, 3.05) is 7.05 Å². The lowest BCUT2D eigenvalue weighted by Crippen LogP contribution is -2.46. The van der Waals surface area contributed by atoms with E-state index in [9.17, 15) is 9.59 Å². The van der Waals surface area contributed by atoms with Gasteiger partial charge in [-0.25, -0.2) is 4.79 Å². The zero-order valence-corrected chi connectivity index (χ0v) is 14.9. The van der Waals surface area contributed by atoms with Crippen LogP contribution < -0.4 is 0 Å². The van der Waals surface area contributed by atoms with E-state index < -0.39 is 0 Å². The van der Waals surface area contributed by atoms with Gasteiger partial charge in [0.05, 0.1) is 12.0 Å². The predicted molar refractivity (Wildman–Crippen MR) is 87.8 cm³/mol. The maximum Gasteiger partial charge on any atom is 0.333 e. The van der Waals surface area contributed by atoms with Crippen LogP contribution in [0, 0.1) is 5.92 Å². The van der Waals surface area contributed by atoms with Gasteiger partial charge >= 0.3 is 11.9 Å². The summed E-state index contributed by atoms with van der Waals surface area (Å²) in [5, 5.41) is 0. The van der Waals surface area contributed by atoms with Crippen LogP contribution in [0.1, 0.15) is 53.4 Å². The molecule has 0 aromatic carbocycles. The number of esters is 2. The number of allylic oxidation sites excluding steroid dienone is 1. The van der Waals surface area contributed by atoms with Gasteiger partial charge in [0.25, 0.3) is 0 Å². The standard InChI is InChI=1S/C18H29NO4/c1-6-11(3)17(20)22-14-8-13-9-16(15(10-14)19(13)5)23-18(21)12(4)7-2/h6,12-16H,7-10H2,1-5H3/b11-6+. The Balaban J connectivity index is 1.97. The molecule has 0 aromatic rings. The Bertz CT molecular complexity index is 487. The number of rotatable bonds is 5. The SMILES string of the molecule is C/C=C(\C)C(=O)OC1CC2CC(OC(=O)C(C)CC)C(C1)N2C. The van der Waals surface area contributed by atoms with E-state index in [-0.39, 0.29) is 36.1 Å². The Hall–Kier alpha value is -1.36. The summed E-state index contributed by atoms with van der Waals surface area (Å²) in [7, 11) is 2.07. The lowest BCUT2D eigenvalue weighted by Gasteiger charge is -2.36. The van der Waals surface area contributed by atoms with Crippen LogP contribution in [0.2, 0.25) is 0 Å². The molecular weight excluding hydrogens is 294 g/mol. The molecule has 2 fully saturated rings. The average Bonchev–Trinajstić information content (AvgIpc) is 2.72.